The summed E-state index contributed by atoms with van der Waals surface area (Å²) in [4.78, 5) is 10.8. The maximum absolute atomic E-state index is 10.8. The standard InChI is InChI=1S/C14H11Cl2NO2.C6H13NO5/c15-10-5-3-6-11(16)14(10)17-12-7-2-1-4-9(12)8-13(18)19;7-3-5(10)4(9)2(1-8)12-6(3)11/h1-7,17H,8H2,(H,18,19);2-6,8-11H,1,7H2/t;2-,3-,4-,5-,6-/m.1/s1. The van der Waals surface area contributed by atoms with Crippen molar-refractivity contribution in [2.45, 2.75) is 37.1 Å². The fourth-order valence-electron chi connectivity index (χ4n) is 2.83. The molecule has 9 nitrogen and oxygen atoms in total. The molecule has 1 saturated heterocycles. The van der Waals surface area contributed by atoms with Crippen LogP contribution in [-0.2, 0) is 16.0 Å². The number of nitrogens with one attached hydrogen (secondary N) is 1. The fraction of sp³-hybridized carbons (Fsp3) is 0.350. The molecule has 0 bridgehead atoms. The molecule has 0 aromatic heterocycles. The van der Waals surface area contributed by atoms with Crippen molar-refractivity contribution in [2.75, 3.05) is 11.9 Å². The van der Waals surface area contributed by atoms with Crippen LogP contribution in [0.1, 0.15) is 5.56 Å². The lowest BCUT2D eigenvalue weighted by Crippen LogP contribution is -2.61. The highest BCUT2D eigenvalue weighted by Crippen LogP contribution is 2.33. The number of hydrogen-bond acceptors (Lipinski definition) is 8. The molecule has 1 aliphatic heterocycles. The van der Waals surface area contributed by atoms with E-state index in [0.29, 0.717) is 27.0 Å². The van der Waals surface area contributed by atoms with Crippen LogP contribution in [0.2, 0.25) is 10.0 Å². The predicted octanol–water partition coefficient (Wildman–Crippen LogP) is 1.11. The highest BCUT2D eigenvalue weighted by molar-refractivity contribution is 6.39. The van der Waals surface area contributed by atoms with Crippen LogP contribution in [0.5, 0.6) is 0 Å². The summed E-state index contributed by atoms with van der Waals surface area (Å²) >= 11 is 12.1. The normalized spacial score (nSPS) is 25.3. The number of anilines is 2. The molecule has 170 valence electrons. The van der Waals surface area contributed by atoms with Crippen LogP contribution in [0, 0.1) is 0 Å². The van der Waals surface area contributed by atoms with E-state index < -0.39 is 43.2 Å². The fourth-order valence-corrected chi connectivity index (χ4v) is 3.32. The molecule has 0 amide bonds. The molecule has 31 heavy (non-hydrogen) atoms. The van der Waals surface area contributed by atoms with Crippen LogP contribution < -0.4 is 11.1 Å². The first-order valence-corrected chi connectivity index (χ1v) is 9.98. The second kappa shape index (κ2) is 11.6. The van der Waals surface area contributed by atoms with E-state index in [0.717, 1.165) is 0 Å². The van der Waals surface area contributed by atoms with Crippen LogP contribution >= 0.6 is 23.2 Å². The molecular weight excluding hydrogens is 451 g/mol. The van der Waals surface area contributed by atoms with Crippen molar-refractivity contribution in [1.82, 2.24) is 0 Å². The van der Waals surface area contributed by atoms with Crippen molar-refractivity contribution in [1.29, 1.82) is 0 Å². The second-order valence-corrected chi connectivity index (χ2v) is 7.57. The van der Waals surface area contributed by atoms with E-state index in [1.165, 1.54) is 0 Å². The van der Waals surface area contributed by atoms with Crippen LogP contribution in [0.25, 0.3) is 0 Å². The van der Waals surface area contributed by atoms with Crippen molar-refractivity contribution >= 4 is 40.5 Å². The molecule has 1 aliphatic rings. The van der Waals surface area contributed by atoms with Gasteiger partial charge in [0, 0.05) is 5.69 Å². The topological polar surface area (TPSA) is 166 Å². The number of ether oxygens (including phenoxy) is 1. The van der Waals surface area contributed by atoms with Crippen molar-refractivity contribution < 1.29 is 35.1 Å². The lowest BCUT2D eigenvalue weighted by Gasteiger charge is -2.38. The number of carboxylic acid groups (broad SMARTS) is 1. The van der Waals surface area contributed by atoms with Crippen molar-refractivity contribution in [3.05, 3.63) is 58.1 Å². The van der Waals surface area contributed by atoms with Crippen LogP contribution in [0.3, 0.4) is 0 Å². The monoisotopic (exact) mass is 474 g/mol. The minimum Gasteiger partial charge on any atom is -0.481 e. The SMILES string of the molecule is N[C@@H]1[C@@H](O)[C@H](O)[C@@H](CO)O[C@H]1O.O=C(O)Cc1ccccc1Nc1c(Cl)cccc1Cl. The number of carbonyl (C=O) groups is 1. The number of aliphatic hydroxyl groups is 4. The van der Waals surface area contributed by atoms with E-state index >= 15 is 0 Å². The lowest BCUT2D eigenvalue weighted by atomic mass is 9.98. The molecule has 0 radical (unpaired) electrons. The van der Waals surface area contributed by atoms with E-state index in [1.807, 2.05) is 6.07 Å². The zero-order valence-electron chi connectivity index (χ0n) is 16.2. The summed E-state index contributed by atoms with van der Waals surface area (Å²) in [6.07, 6.45) is -4.92. The van der Waals surface area contributed by atoms with Crippen LogP contribution in [-0.4, -0.2) is 68.8 Å². The number of halogens is 2. The molecule has 11 heteroatoms. The van der Waals surface area contributed by atoms with Gasteiger partial charge in [-0.3, -0.25) is 4.79 Å². The average molecular weight is 475 g/mol. The van der Waals surface area contributed by atoms with Crippen LogP contribution in [0.4, 0.5) is 11.4 Å². The van der Waals surface area contributed by atoms with Gasteiger partial charge < -0.3 is 41.3 Å². The summed E-state index contributed by atoms with van der Waals surface area (Å²) in [5.74, 6) is -0.889. The van der Waals surface area contributed by atoms with Gasteiger partial charge in [-0.25, -0.2) is 0 Å². The van der Waals surface area contributed by atoms with Gasteiger partial charge in [-0.05, 0) is 23.8 Å². The number of rotatable bonds is 5. The Hall–Kier alpha value is -1.95. The third-order valence-corrected chi connectivity index (χ3v) is 5.16. The summed E-state index contributed by atoms with van der Waals surface area (Å²) in [6, 6.07) is 11.3. The first-order valence-electron chi connectivity index (χ1n) is 9.22. The minimum atomic E-state index is -1.35. The Labute approximate surface area is 188 Å². The minimum absolute atomic E-state index is 0.0642. The summed E-state index contributed by atoms with van der Waals surface area (Å²) in [5, 5.41) is 49.0. The van der Waals surface area contributed by atoms with E-state index in [-0.39, 0.29) is 6.42 Å². The van der Waals surface area contributed by atoms with Crippen LogP contribution in [0.15, 0.2) is 42.5 Å². The Morgan fingerprint density at radius 1 is 1.03 bits per heavy atom. The number of carboxylic acids is 1. The highest BCUT2D eigenvalue weighted by atomic mass is 35.5. The van der Waals surface area contributed by atoms with Gasteiger partial charge in [0.15, 0.2) is 6.29 Å². The van der Waals surface area contributed by atoms with Gasteiger partial charge in [0.2, 0.25) is 0 Å². The van der Waals surface area contributed by atoms with E-state index in [4.69, 9.17) is 49.0 Å². The number of para-hydroxylation sites is 2. The van der Waals surface area contributed by atoms with Gasteiger partial charge in [0.1, 0.15) is 18.3 Å². The van der Waals surface area contributed by atoms with Gasteiger partial charge in [-0.2, -0.15) is 0 Å². The Morgan fingerprint density at radius 3 is 2.23 bits per heavy atom. The van der Waals surface area contributed by atoms with Gasteiger partial charge in [-0.15, -0.1) is 0 Å². The summed E-state index contributed by atoms with van der Waals surface area (Å²) in [6.45, 7) is -0.470. The average Bonchev–Trinajstić information content (AvgIpc) is 2.73. The quantitative estimate of drug-likeness (QED) is 0.335. The predicted molar refractivity (Wildman–Crippen MR) is 115 cm³/mol. The lowest BCUT2D eigenvalue weighted by molar-refractivity contribution is -0.248. The third-order valence-electron chi connectivity index (χ3n) is 4.53. The second-order valence-electron chi connectivity index (χ2n) is 6.76. The molecule has 1 heterocycles. The maximum Gasteiger partial charge on any atom is 0.307 e. The molecule has 0 saturated carbocycles. The molecule has 2 aromatic carbocycles. The first-order chi connectivity index (χ1) is 14.6. The van der Waals surface area contributed by atoms with Gasteiger partial charge in [-0.1, -0.05) is 47.5 Å². The van der Waals surface area contributed by atoms with Crippen molar-refractivity contribution in [3.63, 3.8) is 0 Å². The molecular formula is C20H24Cl2N2O7. The molecule has 1 fully saturated rings. The van der Waals surface area contributed by atoms with Crippen molar-refractivity contribution in [3.8, 4) is 0 Å². The first kappa shape index (κ1) is 25.3. The molecule has 0 spiro atoms. The number of aliphatic hydroxyl groups excluding tert-OH is 4. The molecule has 5 atom stereocenters. The molecule has 0 unspecified atom stereocenters. The van der Waals surface area contributed by atoms with Gasteiger partial charge in [0.05, 0.1) is 34.8 Å². The van der Waals surface area contributed by atoms with Crippen molar-refractivity contribution in [2.24, 2.45) is 5.73 Å². The smallest absolute Gasteiger partial charge is 0.307 e. The largest absolute Gasteiger partial charge is 0.481 e. The Balaban J connectivity index is 0.000000245. The molecule has 0 aliphatic carbocycles. The zero-order valence-corrected chi connectivity index (χ0v) is 17.7. The van der Waals surface area contributed by atoms with E-state index in [2.05, 4.69) is 5.32 Å². The third kappa shape index (κ3) is 6.76. The Bertz CT molecular complexity index is 861. The highest BCUT2D eigenvalue weighted by Gasteiger charge is 2.41. The zero-order chi connectivity index (χ0) is 23.1. The van der Waals surface area contributed by atoms with E-state index in [9.17, 15) is 15.0 Å². The molecule has 2 aromatic rings. The number of hydrogen-bond donors (Lipinski definition) is 7. The molecule has 8 N–H and O–H groups in total. The summed E-state index contributed by atoms with van der Waals surface area (Å²) in [7, 11) is 0. The number of benzene rings is 2. The Kier molecular flexibility index (Phi) is 9.48. The maximum atomic E-state index is 10.8. The van der Waals surface area contributed by atoms with Gasteiger partial charge in [0.25, 0.3) is 0 Å². The number of nitrogens with two attached hydrogens (primary N) is 1. The van der Waals surface area contributed by atoms with E-state index in [1.54, 1.807) is 36.4 Å². The summed E-state index contributed by atoms with van der Waals surface area (Å²) < 4.78 is 4.70. The molecule has 3 rings (SSSR count). The number of aliphatic carboxylic acids is 1. The van der Waals surface area contributed by atoms with Gasteiger partial charge >= 0.3 is 5.97 Å². The summed E-state index contributed by atoms with van der Waals surface area (Å²) in [5.41, 5.74) is 7.19. The Morgan fingerprint density at radius 2 is 1.65 bits per heavy atom.